The van der Waals surface area contributed by atoms with Gasteiger partial charge in [-0.1, -0.05) is 18.2 Å². The lowest BCUT2D eigenvalue weighted by atomic mass is 10.1. The third-order valence-corrected chi connectivity index (χ3v) is 3.77. The Hall–Kier alpha value is -3.39. The number of nitrogens with zero attached hydrogens (tertiary/aromatic N) is 1. The molecule has 0 radical (unpaired) electrons. The Morgan fingerprint density at radius 3 is 2.43 bits per heavy atom. The normalized spacial score (nSPS) is 11.1. The number of amides is 1. The molecule has 0 bridgehead atoms. The SMILES string of the molecule is O=C(Nc1ccc(CO)nc1)c1cc(C(F)(F)F)ccc1Oc1ccccc1. The summed E-state index contributed by atoms with van der Waals surface area (Å²) in [4.78, 5) is 16.5. The second-order valence-electron chi connectivity index (χ2n) is 5.77. The molecule has 28 heavy (non-hydrogen) atoms. The topological polar surface area (TPSA) is 71.5 Å². The van der Waals surface area contributed by atoms with Gasteiger partial charge in [-0.2, -0.15) is 13.2 Å². The van der Waals surface area contributed by atoms with Crippen molar-refractivity contribution in [1.29, 1.82) is 0 Å². The van der Waals surface area contributed by atoms with Crippen LogP contribution in [-0.2, 0) is 12.8 Å². The van der Waals surface area contributed by atoms with E-state index in [0.717, 1.165) is 18.2 Å². The molecule has 5 nitrogen and oxygen atoms in total. The van der Waals surface area contributed by atoms with E-state index < -0.39 is 17.6 Å². The quantitative estimate of drug-likeness (QED) is 0.668. The van der Waals surface area contributed by atoms with E-state index in [0.29, 0.717) is 11.4 Å². The first-order valence-electron chi connectivity index (χ1n) is 8.18. The molecular formula is C20H15F3N2O3. The van der Waals surface area contributed by atoms with Crippen LogP contribution in [0.2, 0.25) is 0 Å². The molecule has 0 saturated carbocycles. The van der Waals surface area contributed by atoms with Crippen molar-refractivity contribution < 1.29 is 27.8 Å². The number of aliphatic hydroxyl groups excluding tert-OH is 1. The number of halogens is 3. The number of ether oxygens (including phenoxy) is 1. The molecule has 0 aliphatic carbocycles. The number of hydrogen-bond acceptors (Lipinski definition) is 4. The van der Waals surface area contributed by atoms with Gasteiger partial charge in [-0.3, -0.25) is 9.78 Å². The Morgan fingerprint density at radius 2 is 1.82 bits per heavy atom. The molecular weight excluding hydrogens is 373 g/mol. The van der Waals surface area contributed by atoms with E-state index in [1.807, 2.05) is 0 Å². The zero-order valence-electron chi connectivity index (χ0n) is 14.4. The number of aromatic nitrogens is 1. The number of benzene rings is 2. The fourth-order valence-corrected chi connectivity index (χ4v) is 2.38. The number of carbonyl (C=O) groups excluding carboxylic acids is 1. The third-order valence-electron chi connectivity index (χ3n) is 3.77. The van der Waals surface area contributed by atoms with Crippen molar-refractivity contribution in [2.45, 2.75) is 12.8 Å². The molecule has 0 unspecified atom stereocenters. The molecule has 0 aliphatic heterocycles. The summed E-state index contributed by atoms with van der Waals surface area (Å²) < 4.78 is 44.9. The Balaban J connectivity index is 1.93. The van der Waals surface area contributed by atoms with Crippen LogP contribution < -0.4 is 10.1 Å². The lowest BCUT2D eigenvalue weighted by Gasteiger charge is -2.14. The van der Waals surface area contributed by atoms with Gasteiger partial charge in [0.05, 0.1) is 35.3 Å². The number of hydrogen-bond donors (Lipinski definition) is 2. The van der Waals surface area contributed by atoms with Gasteiger partial charge in [0, 0.05) is 0 Å². The Kier molecular flexibility index (Phi) is 5.60. The fraction of sp³-hybridized carbons (Fsp3) is 0.100. The minimum atomic E-state index is -4.61. The summed E-state index contributed by atoms with van der Waals surface area (Å²) in [5.41, 5.74) is -0.577. The zero-order valence-corrected chi connectivity index (χ0v) is 14.4. The van der Waals surface area contributed by atoms with Gasteiger partial charge in [0.2, 0.25) is 0 Å². The summed E-state index contributed by atoms with van der Waals surface area (Å²) in [6, 6.07) is 14.1. The fourth-order valence-electron chi connectivity index (χ4n) is 2.38. The van der Waals surface area contributed by atoms with Crippen LogP contribution in [0.25, 0.3) is 0 Å². The average molecular weight is 388 g/mol. The molecule has 2 aromatic carbocycles. The summed E-state index contributed by atoms with van der Waals surface area (Å²) in [6.07, 6.45) is -3.31. The minimum absolute atomic E-state index is 0.0170. The molecule has 0 spiro atoms. The van der Waals surface area contributed by atoms with Crippen LogP contribution in [-0.4, -0.2) is 16.0 Å². The number of pyridine rings is 1. The van der Waals surface area contributed by atoms with Gasteiger partial charge in [0.15, 0.2) is 0 Å². The maximum Gasteiger partial charge on any atom is 0.416 e. The first-order chi connectivity index (χ1) is 13.4. The van der Waals surface area contributed by atoms with Gasteiger partial charge in [-0.05, 0) is 42.5 Å². The summed E-state index contributed by atoms with van der Waals surface area (Å²) in [7, 11) is 0. The molecule has 0 fully saturated rings. The van der Waals surface area contributed by atoms with Crippen molar-refractivity contribution in [1.82, 2.24) is 4.98 Å². The zero-order chi connectivity index (χ0) is 20.1. The number of carbonyl (C=O) groups is 1. The Bertz CT molecular complexity index is 959. The predicted molar refractivity (Wildman–Crippen MR) is 96.1 cm³/mol. The van der Waals surface area contributed by atoms with Crippen LogP contribution in [0.4, 0.5) is 18.9 Å². The van der Waals surface area contributed by atoms with Gasteiger partial charge in [-0.25, -0.2) is 0 Å². The van der Waals surface area contributed by atoms with Crippen LogP contribution in [0, 0.1) is 0 Å². The molecule has 1 aromatic heterocycles. The lowest BCUT2D eigenvalue weighted by molar-refractivity contribution is -0.137. The van der Waals surface area contributed by atoms with Crippen molar-refractivity contribution in [3.05, 3.63) is 83.7 Å². The monoisotopic (exact) mass is 388 g/mol. The van der Waals surface area contributed by atoms with E-state index in [4.69, 9.17) is 9.84 Å². The summed E-state index contributed by atoms with van der Waals surface area (Å²) in [6.45, 7) is -0.267. The van der Waals surface area contributed by atoms with Gasteiger partial charge in [-0.15, -0.1) is 0 Å². The maximum atomic E-state index is 13.1. The van der Waals surface area contributed by atoms with Gasteiger partial charge in [0.1, 0.15) is 11.5 Å². The highest BCUT2D eigenvalue weighted by Crippen LogP contribution is 2.34. The van der Waals surface area contributed by atoms with Crippen LogP contribution in [0.15, 0.2) is 66.9 Å². The predicted octanol–water partition coefficient (Wildman–Crippen LogP) is 4.64. The largest absolute Gasteiger partial charge is 0.457 e. The van der Waals surface area contributed by atoms with E-state index in [1.54, 1.807) is 30.3 Å². The van der Waals surface area contributed by atoms with Gasteiger partial charge >= 0.3 is 6.18 Å². The standard InChI is InChI=1S/C20H15F3N2O3/c21-20(22,23)13-6-9-18(28-16-4-2-1-3-5-16)17(10-13)19(27)25-14-7-8-15(12-26)24-11-14/h1-11,26H,12H2,(H,25,27). The number of rotatable bonds is 5. The van der Waals surface area contributed by atoms with Crippen molar-refractivity contribution in [2.24, 2.45) is 0 Å². The van der Waals surface area contributed by atoms with Crippen LogP contribution in [0.5, 0.6) is 11.5 Å². The molecule has 0 saturated heterocycles. The number of para-hydroxylation sites is 1. The van der Waals surface area contributed by atoms with Crippen molar-refractivity contribution in [3.8, 4) is 11.5 Å². The van der Waals surface area contributed by atoms with E-state index in [9.17, 15) is 18.0 Å². The number of alkyl halides is 3. The van der Waals surface area contributed by atoms with E-state index in [1.165, 1.54) is 18.3 Å². The molecule has 1 amide bonds. The smallest absolute Gasteiger partial charge is 0.416 e. The first kappa shape index (κ1) is 19.4. The van der Waals surface area contributed by atoms with Crippen LogP contribution in [0.3, 0.4) is 0 Å². The second-order valence-corrected chi connectivity index (χ2v) is 5.77. The number of nitrogens with one attached hydrogen (secondary N) is 1. The summed E-state index contributed by atoms with van der Waals surface area (Å²) in [5.74, 6) is -0.419. The van der Waals surface area contributed by atoms with Crippen LogP contribution in [0.1, 0.15) is 21.6 Å². The Labute approximate surface area is 158 Å². The van der Waals surface area contributed by atoms with E-state index >= 15 is 0 Å². The molecule has 0 aliphatic rings. The Morgan fingerprint density at radius 1 is 1.07 bits per heavy atom. The van der Waals surface area contributed by atoms with E-state index in [2.05, 4.69) is 10.3 Å². The second kappa shape index (κ2) is 8.10. The molecule has 3 aromatic rings. The van der Waals surface area contributed by atoms with Crippen molar-refractivity contribution in [3.63, 3.8) is 0 Å². The molecule has 0 atom stereocenters. The highest BCUT2D eigenvalue weighted by atomic mass is 19.4. The van der Waals surface area contributed by atoms with Gasteiger partial charge in [0.25, 0.3) is 5.91 Å². The lowest BCUT2D eigenvalue weighted by Crippen LogP contribution is -2.15. The molecule has 8 heteroatoms. The number of anilines is 1. The molecule has 1 heterocycles. The summed E-state index contributed by atoms with van der Waals surface area (Å²) in [5, 5.41) is 11.5. The van der Waals surface area contributed by atoms with E-state index in [-0.39, 0.29) is 23.6 Å². The minimum Gasteiger partial charge on any atom is -0.457 e. The van der Waals surface area contributed by atoms with Crippen LogP contribution >= 0.6 is 0 Å². The molecule has 2 N–H and O–H groups in total. The average Bonchev–Trinajstić information content (AvgIpc) is 2.69. The van der Waals surface area contributed by atoms with Crippen molar-refractivity contribution in [2.75, 3.05) is 5.32 Å². The van der Waals surface area contributed by atoms with Crippen molar-refractivity contribution >= 4 is 11.6 Å². The third kappa shape index (κ3) is 4.66. The first-order valence-corrected chi connectivity index (χ1v) is 8.18. The molecule has 144 valence electrons. The highest BCUT2D eigenvalue weighted by molar-refractivity contribution is 6.06. The highest BCUT2D eigenvalue weighted by Gasteiger charge is 2.32. The number of aliphatic hydroxyl groups is 1. The van der Waals surface area contributed by atoms with Gasteiger partial charge < -0.3 is 15.2 Å². The molecule has 3 rings (SSSR count). The maximum absolute atomic E-state index is 13.1. The summed E-state index contributed by atoms with van der Waals surface area (Å²) >= 11 is 0.